The van der Waals surface area contributed by atoms with Crippen LogP contribution in [0.1, 0.15) is 33.4 Å². The molecule has 1 heterocycles. The summed E-state index contributed by atoms with van der Waals surface area (Å²) >= 11 is 0. The summed E-state index contributed by atoms with van der Waals surface area (Å²) < 4.78 is 17.5. The Kier molecular flexibility index (Phi) is 7.15. The molecule has 6 nitrogen and oxygen atoms in total. The van der Waals surface area contributed by atoms with E-state index in [4.69, 9.17) is 14.2 Å². The molecule has 4 aromatic rings. The van der Waals surface area contributed by atoms with Crippen LogP contribution < -0.4 is 14.2 Å². The Labute approximate surface area is 194 Å². The molecule has 0 saturated carbocycles. The Morgan fingerprint density at radius 1 is 0.424 bits per heavy atom. The average Bonchev–Trinajstić information content (AvgIpc) is 2.83. The maximum atomic E-state index is 5.83. The lowest BCUT2D eigenvalue weighted by atomic mass is 10.2. The van der Waals surface area contributed by atoms with E-state index in [9.17, 15) is 0 Å². The van der Waals surface area contributed by atoms with Gasteiger partial charge in [0.25, 0.3) is 0 Å². The molecule has 0 atom stereocenters. The number of benzene rings is 3. The van der Waals surface area contributed by atoms with E-state index in [0.717, 1.165) is 16.7 Å². The van der Waals surface area contributed by atoms with E-state index in [1.165, 1.54) is 16.7 Å². The van der Waals surface area contributed by atoms with Gasteiger partial charge in [0.1, 0.15) is 19.8 Å². The molecule has 4 rings (SSSR count). The summed E-state index contributed by atoms with van der Waals surface area (Å²) in [5, 5.41) is 0. The average molecular weight is 442 g/mol. The van der Waals surface area contributed by atoms with Gasteiger partial charge >= 0.3 is 18.0 Å². The van der Waals surface area contributed by atoms with Gasteiger partial charge < -0.3 is 14.2 Å². The first-order chi connectivity index (χ1) is 16.0. The largest absolute Gasteiger partial charge is 0.458 e. The van der Waals surface area contributed by atoms with Gasteiger partial charge in [-0.25, -0.2) is 0 Å². The number of aryl methyl sites for hydroxylation is 3. The van der Waals surface area contributed by atoms with Gasteiger partial charge in [-0.3, -0.25) is 0 Å². The minimum absolute atomic E-state index is 0.156. The fourth-order valence-electron chi connectivity index (χ4n) is 3.01. The van der Waals surface area contributed by atoms with Crippen molar-refractivity contribution in [1.82, 2.24) is 15.0 Å². The van der Waals surface area contributed by atoms with Crippen LogP contribution in [0.3, 0.4) is 0 Å². The monoisotopic (exact) mass is 441 g/mol. The molecule has 0 aliphatic carbocycles. The van der Waals surface area contributed by atoms with Crippen LogP contribution in [-0.2, 0) is 19.8 Å². The van der Waals surface area contributed by atoms with Gasteiger partial charge in [-0.15, -0.1) is 15.0 Å². The molecule has 33 heavy (non-hydrogen) atoms. The molecule has 0 saturated heterocycles. The third-order valence-electron chi connectivity index (χ3n) is 5.04. The Hall–Kier alpha value is -3.93. The number of nitrogens with zero attached hydrogens (tertiary/aromatic N) is 3. The van der Waals surface area contributed by atoms with Crippen LogP contribution >= 0.6 is 0 Å². The Morgan fingerprint density at radius 2 is 0.667 bits per heavy atom. The van der Waals surface area contributed by atoms with E-state index in [0.29, 0.717) is 19.8 Å². The normalized spacial score (nSPS) is 10.6. The summed E-state index contributed by atoms with van der Waals surface area (Å²) in [5.41, 5.74) is 6.63. The first-order valence-corrected chi connectivity index (χ1v) is 10.8. The van der Waals surface area contributed by atoms with E-state index < -0.39 is 0 Å². The van der Waals surface area contributed by atoms with Crippen molar-refractivity contribution in [2.45, 2.75) is 40.6 Å². The molecular weight excluding hydrogens is 414 g/mol. The third kappa shape index (κ3) is 6.77. The van der Waals surface area contributed by atoms with Crippen LogP contribution in [0.25, 0.3) is 0 Å². The van der Waals surface area contributed by atoms with Gasteiger partial charge in [0.05, 0.1) is 0 Å². The quantitative estimate of drug-likeness (QED) is 0.340. The van der Waals surface area contributed by atoms with Crippen LogP contribution in [0.4, 0.5) is 0 Å². The summed E-state index contributed by atoms with van der Waals surface area (Å²) in [6, 6.07) is 24.8. The zero-order chi connectivity index (χ0) is 23.0. The van der Waals surface area contributed by atoms with Crippen molar-refractivity contribution < 1.29 is 14.2 Å². The highest BCUT2D eigenvalue weighted by molar-refractivity contribution is 5.23. The second-order valence-corrected chi connectivity index (χ2v) is 8.01. The number of aromatic nitrogens is 3. The maximum absolute atomic E-state index is 5.83. The lowest BCUT2D eigenvalue weighted by Crippen LogP contribution is -2.07. The fourth-order valence-corrected chi connectivity index (χ4v) is 3.01. The van der Waals surface area contributed by atoms with Crippen LogP contribution in [0.2, 0.25) is 0 Å². The number of hydrogen-bond donors (Lipinski definition) is 0. The van der Waals surface area contributed by atoms with Crippen molar-refractivity contribution in [3.05, 3.63) is 106 Å². The first kappa shape index (κ1) is 22.3. The lowest BCUT2D eigenvalue weighted by molar-refractivity contribution is 0.223. The second kappa shape index (κ2) is 10.6. The minimum atomic E-state index is 0.156. The molecule has 0 aliphatic rings. The summed E-state index contributed by atoms with van der Waals surface area (Å²) in [4.78, 5) is 13.0. The molecule has 168 valence electrons. The van der Waals surface area contributed by atoms with Gasteiger partial charge in [-0.05, 0) is 37.5 Å². The minimum Gasteiger partial charge on any atom is -0.458 e. The maximum Gasteiger partial charge on any atom is 0.326 e. The summed E-state index contributed by atoms with van der Waals surface area (Å²) in [6.45, 7) is 7.14. The van der Waals surface area contributed by atoms with E-state index in [1.807, 2.05) is 93.6 Å². The highest BCUT2D eigenvalue weighted by atomic mass is 16.5. The molecule has 0 fully saturated rings. The molecule has 0 spiro atoms. The second-order valence-electron chi connectivity index (χ2n) is 8.01. The van der Waals surface area contributed by atoms with Crippen molar-refractivity contribution in [2.75, 3.05) is 0 Å². The predicted molar refractivity (Wildman–Crippen MR) is 126 cm³/mol. The zero-order valence-electron chi connectivity index (χ0n) is 19.1. The van der Waals surface area contributed by atoms with Crippen molar-refractivity contribution in [1.29, 1.82) is 0 Å². The van der Waals surface area contributed by atoms with E-state index in [2.05, 4.69) is 15.0 Å². The molecule has 3 aromatic carbocycles. The predicted octanol–water partition coefficient (Wildman–Crippen LogP) is 5.53. The summed E-state index contributed by atoms with van der Waals surface area (Å²) in [7, 11) is 0. The standard InChI is InChI=1S/C27H27N3O3/c1-19-4-10-22(11-5-19)16-31-25-28-26(32-17-23-12-6-20(2)7-13-23)30-27(29-25)33-18-24-14-8-21(3)9-15-24/h4-15H,16-18H2,1-3H3. The van der Waals surface area contributed by atoms with Crippen molar-refractivity contribution in [3.8, 4) is 18.0 Å². The fraction of sp³-hybridized carbons (Fsp3) is 0.222. The molecule has 0 bridgehead atoms. The molecule has 0 radical (unpaired) electrons. The highest BCUT2D eigenvalue weighted by Gasteiger charge is 2.11. The van der Waals surface area contributed by atoms with Gasteiger partial charge in [0, 0.05) is 0 Å². The van der Waals surface area contributed by atoms with Crippen molar-refractivity contribution in [3.63, 3.8) is 0 Å². The topological polar surface area (TPSA) is 66.4 Å². The van der Waals surface area contributed by atoms with E-state index in [1.54, 1.807) is 0 Å². The Morgan fingerprint density at radius 3 is 0.909 bits per heavy atom. The number of hydrogen-bond acceptors (Lipinski definition) is 6. The molecule has 6 heteroatoms. The zero-order valence-corrected chi connectivity index (χ0v) is 19.1. The molecular formula is C27H27N3O3. The molecule has 0 aliphatic heterocycles. The molecule has 0 amide bonds. The third-order valence-corrected chi connectivity index (χ3v) is 5.04. The summed E-state index contributed by atoms with van der Waals surface area (Å²) in [5.74, 6) is 0. The number of ether oxygens (including phenoxy) is 3. The van der Waals surface area contributed by atoms with Crippen LogP contribution in [0, 0.1) is 20.8 Å². The SMILES string of the molecule is Cc1ccc(COc2nc(OCc3ccc(C)cc3)nc(OCc3ccc(C)cc3)n2)cc1. The Bertz CT molecular complexity index is 1010. The summed E-state index contributed by atoms with van der Waals surface area (Å²) in [6.07, 6.45) is 0. The smallest absolute Gasteiger partial charge is 0.326 e. The van der Waals surface area contributed by atoms with E-state index >= 15 is 0 Å². The van der Waals surface area contributed by atoms with E-state index in [-0.39, 0.29) is 18.0 Å². The molecule has 0 N–H and O–H groups in total. The van der Waals surface area contributed by atoms with Crippen LogP contribution in [0.15, 0.2) is 72.8 Å². The Balaban J connectivity index is 1.48. The van der Waals surface area contributed by atoms with Crippen LogP contribution in [0.5, 0.6) is 18.0 Å². The van der Waals surface area contributed by atoms with Gasteiger partial charge in [-0.1, -0.05) is 89.5 Å². The number of rotatable bonds is 9. The molecule has 1 aromatic heterocycles. The van der Waals surface area contributed by atoms with Crippen LogP contribution in [-0.4, -0.2) is 15.0 Å². The lowest BCUT2D eigenvalue weighted by Gasteiger charge is -2.10. The van der Waals surface area contributed by atoms with Crippen molar-refractivity contribution >= 4 is 0 Å². The molecule has 0 unspecified atom stereocenters. The first-order valence-electron chi connectivity index (χ1n) is 10.8. The highest BCUT2D eigenvalue weighted by Crippen LogP contribution is 2.18. The van der Waals surface area contributed by atoms with Crippen molar-refractivity contribution in [2.24, 2.45) is 0 Å². The van der Waals surface area contributed by atoms with Gasteiger partial charge in [0.15, 0.2) is 0 Å². The van der Waals surface area contributed by atoms with Gasteiger partial charge in [-0.2, -0.15) is 0 Å². The van der Waals surface area contributed by atoms with Gasteiger partial charge in [0.2, 0.25) is 0 Å².